The van der Waals surface area contributed by atoms with E-state index < -0.39 is 0 Å². The Hall–Kier alpha value is 0.0500. The second-order valence-electron chi connectivity index (χ2n) is 6.54. The summed E-state index contributed by atoms with van der Waals surface area (Å²) in [5, 5.41) is 0. The first-order valence-corrected chi connectivity index (χ1v) is 9.08. The smallest absolute Gasteiger partial charge is 0.308 e. The van der Waals surface area contributed by atoms with Crippen LogP contribution >= 0.6 is 23.2 Å². The predicted molar refractivity (Wildman–Crippen MR) is 83.3 cm³/mol. The van der Waals surface area contributed by atoms with Gasteiger partial charge in [0.2, 0.25) is 0 Å². The largest absolute Gasteiger partial charge is 0.465 e. The Morgan fingerprint density at radius 2 is 1.25 bits per heavy atom. The topological polar surface area (TPSA) is 26.3 Å². The molecule has 0 aromatic carbocycles. The van der Waals surface area contributed by atoms with E-state index in [1.54, 1.807) is 0 Å². The second kappa shape index (κ2) is 8.48. The molecule has 2 nitrogen and oxygen atoms in total. The van der Waals surface area contributed by atoms with E-state index in [4.69, 9.17) is 27.9 Å². The van der Waals surface area contributed by atoms with Gasteiger partial charge in [-0.15, -0.1) is 23.2 Å². The van der Waals surface area contributed by atoms with Crippen LogP contribution < -0.4 is 0 Å². The average molecular weight is 321 g/mol. The van der Waals surface area contributed by atoms with Crippen LogP contribution in [0.2, 0.25) is 0 Å². The van der Waals surface area contributed by atoms with Gasteiger partial charge >= 0.3 is 5.97 Å². The Bertz CT molecular complexity index is 293. The van der Waals surface area contributed by atoms with Crippen molar-refractivity contribution in [3.63, 3.8) is 0 Å². The van der Waals surface area contributed by atoms with Crippen molar-refractivity contribution in [3.8, 4) is 0 Å². The minimum atomic E-state index is 0.0255. The summed E-state index contributed by atoms with van der Waals surface area (Å²) in [5.41, 5.74) is 0. The van der Waals surface area contributed by atoms with E-state index in [2.05, 4.69) is 0 Å². The fourth-order valence-electron chi connectivity index (χ4n) is 3.42. The van der Waals surface area contributed by atoms with Crippen molar-refractivity contribution in [1.82, 2.24) is 0 Å². The van der Waals surface area contributed by atoms with Crippen LogP contribution in [0.4, 0.5) is 0 Å². The molecule has 2 rings (SSSR count). The van der Waals surface area contributed by atoms with E-state index in [1.165, 1.54) is 12.8 Å². The molecular formula is C16H26Cl2O2. The number of carbonyl (C=O) groups is 1. The minimum absolute atomic E-state index is 0.0255. The molecule has 0 unspecified atom stereocenters. The third kappa shape index (κ3) is 4.80. The molecule has 20 heavy (non-hydrogen) atoms. The first-order valence-electron chi connectivity index (χ1n) is 8.01. The van der Waals surface area contributed by atoms with Crippen LogP contribution in [-0.4, -0.2) is 24.3 Å². The number of hydrogen-bond donors (Lipinski definition) is 0. The Morgan fingerprint density at radius 3 is 1.75 bits per heavy atom. The number of hydrogen-bond acceptors (Lipinski definition) is 2. The van der Waals surface area contributed by atoms with E-state index in [0.29, 0.717) is 24.4 Å². The lowest BCUT2D eigenvalue weighted by atomic mass is 9.82. The number of esters is 1. The second-order valence-corrected chi connectivity index (χ2v) is 7.16. The van der Waals surface area contributed by atoms with Crippen molar-refractivity contribution in [2.75, 3.05) is 18.4 Å². The van der Waals surface area contributed by atoms with Gasteiger partial charge in [-0.2, -0.15) is 0 Å². The first-order chi connectivity index (χ1) is 9.72. The molecule has 4 heteroatoms. The highest BCUT2D eigenvalue weighted by molar-refractivity contribution is 6.18. The SMILES string of the molecule is O=C(OCC1CCC(CCl)CC1)C1CCC(CCl)CC1. The van der Waals surface area contributed by atoms with E-state index in [9.17, 15) is 4.79 Å². The molecule has 2 saturated carbocycles. The van der Waals surface area contributed by atoms with Gasteiger partial charge < -0.3 is 4.74 Å². The summed E-state index contributed by atoms with van der Waals surface area (Å²) in [6.07, 6.45) is 8.74. The Labute approximate surface area is 132 Å². The predicted octanol–water partition coefficient (Wildman–Crippen LogP) is 4.62. The van der Waals surface area contributed by atoms with Crippen molar-refractivity contribution in [3.05, 3.63) is 0 Å². The number of alkyl halides is 2. The first kappa shape index (κ1) is 16.4. The molecule has 0 N–H and O–H groups in total. The van der Waals surface area contributed by atoms with E-state index in [1.807, 2.05) is 0 Å². The summed E-state index contributed by atoms with van der Waals surface area (Å²) < 4.78 is 5.55. The summed E-state index contributed by atoms with van der Waals surface area (Å²) in [4.78, 5) is 12.1. The highest BCUT2D eigenvalue weighted by atomic mass is 35.5. The third-order valence-electron chi connectivity index (χ3n) is 5.04. The maximum Gasteiger partial charge on any atom is 0.308 e. The van der Waals surface area contributed by atoms with Crippen LogP contribution in [0.5, 0.6) is 0 Å². The molecular weight excluding hydrogens is 295 g/mol. The third-order valence-corrected chi connectivity index (χ3v) is 5.92. The normalized spacial score (nSPS) is 34.7. The number of ether oxygens (including phenoxy) is 1. The lowest BCUT2D eigenvalue weighted by Gasteiger charge is -2.29. The van der Waals surface area contributed by atoms with Gasteiger partial charge in [0.15, 0.2) is 0 Å². The van der Waals surface area contributed by atoms with Gasteiger partial charge in [0.1, 0.15) is 0 Å². The lowest BCUT2D eigenvalue weighted by molar-refractivity contribution is -0.151. The zero-order chi connectivity index (χ0) is 14.4. The number of rotatable bonds is 5. The number of halogens is 2. The summed E-state index contributed by atoms with van der Waals surface area (Å²) in [6, 6.07) is 0. The molecule has 0 amide bonds. The minimum Gasteiger partial charge on any atom is -0.465 e. The van der Waals surface area contributed by atoms with Crippen LogP contribution in [0.1, 0.15) is 51.4 Å². The zero-order valence-electron chi connectivity index (χ0n) is 12.2. The van der Waals surface area contributed by atoms with Crippen LogP contribution in [-0.2, 0) is 9.53 Å². The van der Waals surface area contributed by atoms with Gasteiger partial charge in [0, 0.05) is 11.8 Å². The van der Waals surface area contributed by atoms with Gasteiger partial charge in [-0.1, -0.05) is 0 Å². The Morgan fingerprint density at radius 1 is 0.800 bits per heavy atom. The number of carbonyl (C=O) groups excluding carboxylic acids is 1. The summed E-state index contributed by atoms with van der Waals surface area (Å²) in [7, 11) is 0. The van der Waals surface area contributed by atoms with Crippen LogP contribution in [0.25, 0.3) is 0 Å². The molecule has 116 valence electrons. The zero-order valence-corrected chi connectivity index (χ0v) is 13.7. The van der Waals surface area contributed by atoms with E-state index >= 15 is 0 Å². The van der Waals surface area contributed by atoms with Crippen molar-refractivity contribution in [2.45, 2.75) is 51.4 Å². The average Bonchev–Trinajstić information content (AvgIpc) is 2.53. The Kier molecular flexibility index (Phi) is 6.96. The van der Waals surface area contributed by atoms with Gasteiger partial charge in [-0.05, 0) is 69.1 Å². The molecule has 0 bridgehead atoms. The molecule has 0 aromatic heterocycles. The maximum absolute atomic E-state index is 12.1. The molecule has 0 aliphatic heterocycles. The fourth-order valence-corrected chi connectivity index (χ4v) is 4.04. The Balaban J connectivity index is 1.63. The fraction of sp³-hybridized carbons (Fsp3) is 0.938. The summed E-state index contributed by atoms with van der Waals surface area (Å²) >= 11 is 11.8. The van der Waals surface area contributed by atoms with Crippen LogP contribution in [0.3, 0.4) is 0 Å². The van der Waals surface area contributed by atoms with Gasteiger partial charge in [-0.25, -0.2) is 0 Å². The molecule has 0 heterocycles. The quantitative estimate of drug-likeness (QED) is 0.545. The molecule has 2 aliphatic carbocycles. The van der Waals surface area contributed by atoms with Crippen molar-refractivity contribution >= 4 is 29.2 Å². The highest BCUT2D eigenvalue weighted by Gasteiger charge is 2.28. The van der Waals surface area contributed by atoms with E-state index in [-0.39, 0.29) is 11.9 Å². The van der Waals surface area contributed by atoms with Gasteiger partial charge in [0.25, 0.3) is 0 Å². The molecule has 0 atom stereocenters. The molecule has 2 fully saturated rings. The van der Waals surface area contributed by atoms with Crippen LogP contribution in [0, 0.1) is 23.7 Å². The molecule has 0 spiro atoms. The highest BCUT2D eigenvalue weighted by Crippen LogP contribution is 2.32. The standard InChI is InChI=1S/C16H26Cl2O2/c17-9-12-1-3-14(4-2-12)11-20-16(19)15-7-5-13(10-18)6-8-15/h12-15H,1-11H2. The van der Waals surface area contributed by atoms with Gasteiger partial charge in [-0.3, -0.25) is 4.79 Å². The van der Waals surface area contributed by atoms with Gasteiger partial charge in [0.05, 0.1) is 12.5 Å². The summed E-state index contributed by atoms with van der Waals surface area (Å²) in [5.74, 6) is 3.48. The molecule has 0 radical (unpaired) electrons. The lowest BCUT2D eigenvalue weighted by Crippen LogP contribution is -2.27. The summed E-state index contributed by atoms with van der Waals surface area (Å²) in [6.45, 7) is 0.614. The van der Waals surface area contributed by atoms with Crippen molar-refractivity contribution in [2.24, 2.45) is 23.7 Å². The van der Waals surface area contributed by atoms with Crippen LogP contribution in [0.15, 0.2) is 0 Å². The van der Waals surface area contributed by atoms with Crippen molar-refractivity contribution < 1.29 is 9.53 Å². The molecule has 2 aliphatic rings. The molecule has 0 aromatic rings. The maximum atomic E-state index is 12.1. The monoisotopic (exact) mass is 320 g/mol. The molecule has 0 saturated heterocycles. The van der Waals surface area contributed by atoms with E-state index in [0.717, 1.165) is 50.3 Å². The van der Waals surface area contributed by atoms with Crippen molar-refractivity contribution in [1.29, 1.82) is 0 Å².